The van der Waals surface area contributed by atoms with Crippen LogP contribution in [0, 0.1) is 0 Å². The van der Waals surface area contributed by atoms with Crippen molar-refractivity contribution in [3.05, 3.63) is 47.1 Å². The topological polar surface area (TPSA) is 85.9 Å². The Kier molecular flexibility index (Phi) is 5.12. The molecule has 1 amide bonds. The first-order chi connectivity index (χ1) is 12.5. The summed E-state index contributed by atoms with van der Waals surface area (Å²) >= 11 is 0. The third kappa shape index (κ3) is 3.04. The van der Waals surface area contributed by atoms with Crippen LogP contribution in [0.3, 0.4) is 0 Å². The first-order valence-corrected chi connectivity index (χ1v) is 8.71. The monoisotopic (exact) mass is 390 g/mol. The van der Waals surface area contributed by atoms with Crippen LogP contribution in [0.25, 0.3) is 11.0 Å². The fourth-order valence-electron chi connectivity index (χ4n) is 3.75. The fraction of sp³-hybridized carbons (Fsp3) is 0.389. The number of aryl methyl sites for hydroxylation is 2. The van der Waals surface area contributed by atoms with Crippen LogP contribution in [0.4, 0.5) is 5.69 Å². The van der Waals surface area contributed by atoms with Gasteiger partial charge in [-0.2, -0.15) is 5.10 Å². The Morgan fingerprint density at radius 3 is 2.56 bits per heavy atom. The highest BCUT2D eigenvalue weighted by molar-refractivity contribution is 5.98. The van der Waals surface area contributed by atoms with E-state index in [-0.39, 0.29) is 24.0 Å². The van der Waals surface area contributed by atoms with Gasteiger partial charge in [0.1, 0.15) is 5.54 Å². The Morgan fingerprint density at radius 1 is 1.19 bits per heavy atom. The van der Waals surface area contributed by atoms with Crippen molar-refractivity contribution in [2.24, 2.45) is 14.1 Å². The molecular weight excluding hydrogens is 368 g/mol. The normalized spacial score (nSPS) is 16.1. The lowest BCUT2D eigenvalue weighted by molar-refractivity contribution is -0.126. The number of amides is 1. The number of imidazole rings is 1. The summed E-state index contributed by atoms with van der Waals surface area (Å²) in [7, 11) is 3.47. The van der Waals surface area contributed by atoms with E-state index < -0.39 is 5.54 Å². The molecule has 1 aliphatic rings. The molecule has 2 aromatic heterocycles. The van der Waals surface area contributed by atoms with E-state index in [0.717, 1.165) is 24.1 Å². The maximum atomic E-state index is 13.2. The van der Waals surface area contributed by atoms with E-state index in [9.17, 15) is 9.59 Å². The molecule has 1 fully saturated rings. The zero-order chi connectivity index (χ0) is 18.3. The molecule has 0 spiro atoms. The summed E-state index contributed by atoms with van der Waals surface area (Å²) in [6.45, 7) is 1.53. The number of aromatic nitrogens is 4. The number of carbonyl (C=O) groups is 1. The largest absolute Gasteiger partial charge is 0.328 e. The third-order valence-electron chi connectivity index (χ3n) is 5.33. The van der Waals surface area contributed by atoms with E-state index in [1.165, 1.54) is 0 Å². The number of benzene rings is 1. The third-order valence-corrected chi connectivity index (χ3v) is 5.33. The number of rotatable bonds is 3. The Bertz CT molecular complexity index is 1010. The summed E-state index contributed by atoms with van der Waals surface area (Å²) in [5.74, 6) is -0.0806. The molecule has 0 saturated carbocycles. The van der Waals surface area contributed by atoms with Crippen LogP contribution in [-0.2, 0) is 24.4 Å². The van der Waals surface area contributed by atoms with Crippen LogP contribution in [0.2, 0.25) is 0 Å². The van der Waals surface area contributed by atoms with Crippen molar-refractivity contribution in [3.8, 4) is 0 Å². The van der Waals surface area contributed by atoms with Gasteiger partial charge < -0.3 is 10.6 Å². The van der Waals surface area contributed by atoms with E-state index in [1.807, 2.05) is 30.5 Å². The zero-order valence-electron chi connectivity index (χ0n) is 15.3. The minimum Gasteiger partial charge on any atom is -0.324 e. The molecule has 0 atom stereocenters. The predicted octanol–water partition coefficient (Wildman–Crippen LogP) is 1.21. The molecule has 0 radical (unpaired) electrons. The SMILES string of the molecule is Cl.Cn1c(=O)n(C)c2cc(NC(=O)C3(n4cccn4)CCNCC3)ccc21. The second-order valence-corrected chi connectivity index (χ2v) is 6.79. The molecule has 3 aromatic rings. The van der Waals surface area contributed by atoms with Crippen molar-refractivity contribution in [2.75, 3.05) is 18.4 Å². The smallest absolute Gasteiger partial charge is 0.324 e. The lowest BCUT2D eigenvalue weighted by Gasteiger charge is -2.36. The standard InChI is InChI=1S/C18H22N6O2.ClH/c1-22-14-5-4-13(12-15(14)23(2)17(22)26)21-16(25)18(6-9-19-10-7-18)24-11-3-8-20-24;/h3-5,8,11-12,19H,6-7,9-10H2,1-2H3,(H,21,25);1H. The van der Waals surface area contributed by atoms with Gasteiger partial charge in [-0.1, -0.05) is 0 Å². The van der Waals surface area contributed by atoms with E-state index in [2.05, 4.69) is 15.7 Å². The lowest BCUT2D eigenvalue weighted by Crippen LogP contribution is -2.52. The van der Waals surface area contributed by atoms with Gasteiger partial charge in [-0.25, -0.2) is 4.79 Å². The van der Waals surface area contributed by atoms with Gasteiger partial charge in [0.15, 0.2) is 0 Å². The molecule has 144 valence electrons. The van der Waals surface area contributed by atoms with Gasteiger partial charge in [0.2, 0.25) is 0 Å². The maximum Gasteiger partial charge on any atom is 0.328 e. The van der Waals surface area contributed by atoms with Crippen molar-refractivity contribution < 1.29 is 4.79 Å². The summed E-state index contributed by atoms with van der Waals surface area (Å²) in [5.41, 5.74) is 1.50. The summed E-state index contributed by atoms with van der Waals surface area (Å²) < 4.78 is 4.94. The van der Waals surface area contributed by atoms with Crippen molar-refractivity contribution in [1.82, 2.24) is 24.2 Å². The van der Waals surface area contributed by atoms with E-state index in [4.69, 9.17) is 0 Å². The summed E-state index contributed by atoms with van der Waals surface area (Å²) in [6.07, 6.45) is 4.89. The van der Waals surface area contributed by atoms with Crippen molar-refractivity contribution in [1.29, 1.82) is 0 Å². The number of halogens is 1. The van der Waals surface area contributed by atoms with Crippen LogP contribution in [0.5, 0.6) is 0 Å². The first kappa shape index (κ1) is 19.2. The van der Waals surface area contributed by atoms with E-state index in [1.54, 1.807) is 34.1 Å². The summed E-state index contributed by atoms with van der Waals surface area (Å²) in [6, 6.07) is 7.36. The van der Waals surface area contributed by atoms with Gasteiger partial charge in [-0.15, -0.1) is 12.4 Å². The van der Waals surface area contributed by atoms with E-state index >= 15 is 0 Å². The number of nitrogens with one attached hydrogen (secondary N) is 2. The maximum absolute atomic E-state index is 13.2. The average molecular weight is 391 g/mol. The van der Waals surface area contributed by atoms with Gasteiger partial charge in [-0.05, 0) is 50.2 Å². The van der Waals surface area contributed by atoms with Gasteiger partial charge in [0.25, 0.3) is 5.91 Å². The van der Waals surface area contributed by atoms with Gasteiger partial charge in [-0.3, -0.25) is 18.6 Å². The quantitative estimate of drug-likeness (QED) is 0.704. The van der Waals surface area contributed by atoms with Gasteiger partial charge >= 0.3 is 5.69 Å². The highest BCUT2D eigenvalue weighted by Crippen LogP contribution is 2.29. The summed E-state index contributed by atoms with van der Waals surface area (Å²) in [5, 5.41) is 10.7. The zero-order valence-corrected chi connectivity index (χ0v) is 16.1. The van der Waals surface area contributed by atoms with Crippen LogP contribution in [-0.4, -0.2) is 37.9 Å². The molecule has 0 bridgehead atoms. The summed E-state index contributed by atoms with van der Waals surface area (Å²) in [4.78, 5) is 25.3. The molecule has 0 unspecified atom stereocenters. The molecule has 27 heavy (non-hydrogen) atoms. The van der Waals surface area contributed by atoms with Crippen molar-refractivity contribution in [3.63, 3.8) is 0 Å². The fourth-order valence-corrected chi connectivity index (χ4v) is 3.75. The molecule has 9 heteroatoms. The number of piperidine rings is 1. The number of anilines is 1. The van der Waals surface area contributed by atoms with Gasteiger partial charge in [0.05, 0.1) is 11.0 Å². The Morgan fingerprint density at radius 2 is 1.89 bits per heavy atom. The number of fused-ring (bicyclic) bond motifs is 1. The van der Waals surface area contributed by atoms with Crippen LogP contribution < -0.4 is 16.3 Å². The first-order valence-electron chi connectivity index (χ1n) is 8.71. The number of carbonyl (C=O) groups excluding carboxylic acids is 1. The molecule has 2 N–H and O–H groups in total. The minimum atomic E-state index is -0.702. The molecule has 1 aromatic carbocycles. The van der Waals surface area contributed by atoms with Crippen molar-refractivity contribution >= 4 is 35.0 Å². The Labute approximate surface area is 162 Å². The second-order valence-electron chi connectivity index (χ2n) is 6.79. The molecule has 3 heterocycles. The lowest BCUT2D eigenvalue weighted by atomic mass is 9.87. The molecule has 4 rings (SSSR count). The number of nitrogens with zero attached hydrogens (tertiary/aromatic N) is 4. The second kappa shape index (κ2) is 7.21. The van der Waals surface area contributed by atoms with E-state index in [0.29, 0.717) is 18.5 Å². The van der Waals surface area contributed by atoms with Crippen molar-refractivity contribution in [2.45, 2.75) is 18.4 Å². The molecule has 1 saturated heterocycles. The number of hydrogen-bond acceptors (Lipinski definition) is 4. The molecular formula is C18H23ClN6O2. The average Bonchev–Trinajstić information content (AvgIpc) is 3.27. The minimum absolute atomic E-state index is 0. The molecule has 1 aliphatic heterocycles. The molecule has 8 nitrogen and oxygen atoms in total. The van der Waals surface area contributed by atoms with Crippen LogP contribution >= 0.6 is 12.4 Å². The Hall–Kier alpha value is -2.58. The highest BCUT2D eigenvalue weighted by Gasteiger charge is 2.42. The van der Waals surface area contributed by atoms with Gasteiger partial charge in [0, 0.05) is 32.2 Å². The number of hydrogen-bond donors (Lipinski definition) is 2. The molecule has 0 aliphatic carbocycles. The predicted molar refractivity (Wildman–Crippen MR) is 106 cm³/mol. The van der Waals surface area contributed by atoms with Crippen LogP contribution in [0.1, 0.15) is 12.8 Å². The highest BCUT2D eigenvalue weighted by atomic mass is 35.5. The van der Waals surface area contributed by atoms with Crippen LogP contribution in [0.15, 0.2) is 41.5 Å². The Balaban J connectivity index is 0.00000210.